The van der Waals surface area contributed by atoms with Gasteiger partial charge >= 0.3 is 6.03 Å². The van der Waals surface area contributed by atoms with Gasteiger partial charge < -0.3 is 5.32 Å². The van der Waals surface area contributed by atoms with Gasteiger partial charge in [-0.3, -0.25) is 5.32 Å². The molecule has 1 unspecified atom stereocenters. The summed E-state index contributed by atoms with van der Waals surface area (Å²) in [6, 6.07) is 18.8. The Morgan fingerprint density at radius 1 is 1.19 bits per heavy atom. The molecule has 0 spiro atoms. The molecule has 0 aliphatic heterocycles. The van der Waals surface area contributed by atoms with Gasteiger partial charge in [-0.25, -0.2) is 9.48 Å². The van der Waals surface area contributed by atoms with Crippen LogP contribution in [0.3, 0.4) is 0 Å². The van der Waals surface area contributed by atoms with E-state index in [1.165, 1.54) is 11.1 Å². The molecule has 0 saturated heterocycles. The third-order valence-corrected chi connectivity index (χ3v) is 4.54. The minimum Gasteiger partial charge on any atom is -0.331 e. The highest BCUT2D eigenvalue weighted by Crippen LogP contribution is 2.30. The summed E-state index contributed by atoms with van der Waals surface area (Å²) in [6.45, 7) is 0. The molecule has 128 valence electrons. The third kappa shape index (κ3) is 3.03. The number of nitrogens with one attached hydrogen (secondary N) is 2. The minimum atomic E-state index is -0.273. The van der Waals surface area contributed by atoms with Crippen molar-refractivity contribution in [1.29, 1.82) is 5.26 Å². The Balaban J connectivity index is 1.50. The lowest BCUT2D eigenvalue weighted by atomic mass is 10.1. The zero-order valence-corrected chi connectivity index (χ0v) is 14.0. The molecule has 1 aromatic heterocycles. The van der Waals surface area contributed by atoms with Crippen molar-refractivity contribution in [2.24, 2.45) is 0 Å². The van der Waals surface area contributed by atoms with Crippen molar-refractivity contribution in [2.75, 3.05) is 5.32 Å². The fourth-order valence-corrected chi connectivity index (χ4v) is 3.33. The number of hydrogen-bond donors (Lipinski definition) is 2. The number of carbonyl (C=O) groups is 1. The summed E-state index contributed by atoms with van der Waals surface area (Å²) in [7, 11) is 0. The predicted molar refractivity (Wildman–Crippen MR) is 97.9 cm³/mol. The number of rotatable bonds is 3. The lowest BCUT2D eigenvalue weighted by Crippen LogP contribution is -2.32. The summed E-state index contributed by atoms with van der Waals surface area (Å²) < 4.78 is 1.60. The van der Waals surface area contributed by atoms with Crippen LogP contribution in [0.15, 0.2) is 60.8 Å². The van der Waals surface area contributed by atoms with Crippen LogP contribution >= 0.6 is 0 Å². The number of benzene rings is 2. The summed E-state index contributed by atoms with van der Waals surface area (Å²) in [6.07, 6.45) is 3.48. The standard InChI is InChI=1S/C20H17N5O/c21-13-14-4-3-6-16(12-14)25-19(10-11-22-25)24-20(26)23-18-9-8-15-5-1-2-7-17(15)18/h1-7,10-12,18H,8-9H2,(H2,23,24,26). The molecule has 2 amide bonds. The summed E-state index contributed by atoms with van der Waals surface area (Å²) in [4.78, 5) is 12.5. The van der Waals surface area contributed by atoms with E-state index in [4.69, 9.17) is 5.26 Å². The van der Waals surface area contributed by atoms with Crippen LogP contribution < -0.4 is 10.6 Å². The number of carbonyl (C=O) groups excluding carboxylic acids is 1. The zero-order chi connectivity index (χ0) is 17.9. The molecule has 1 atom stereocenters. The van der Waals surface area contributed by atoms with Crippen molar-refractivity contribution < 1.29 is 4.79 Å². The zero-order valence-electron chi connectivity index (χ0n) is 14.0. The second-order valence-electron chi connectivity index (χ2n) is 6.18. The molecule has 6 nitrogen and oxygen atoms in total. The molecular formula is C20H17N5O. The van der Waals surface area contributed by atoms with E-state index in [0.717, 1.165) is 18.5 Å². The van der Waals surface area contributed by atoms with Crippen LogP contribution in [0.25, 0.3) is 5.69 Å². The van der Waals surface area contributed by atoms with Gasteiger partial charge in [0.25, 0.3) is 0 Å². The molecule has 0 bridgehead atoms. The first-order valence-electron chi connectivity index (χ1n) is 8.44. The quantitative estimate of drug-likeness (QED) is 0.763. The Bertz CT molecular complexity index is 1000. The fourth-order valence-electron chi connectivity index (χ4n) is 3.33. The lowest BCUT2D eigenvalue weighted by molar-refractivity contribution is 0.248. The Kier molecular flexibility index (Phi) is 4.12. The number of urea groups is 1. The lowest BCUT2D eigenvalue weighted by Gasteiger charge is -2.15. The molecule has 2 N–H and O–H groups in total. The summed E-state index contributed by atoms with van der Waals surface area (Å²) in [5.41, 5.74) is 3.72. The number of fused-ring (bicyclic) bond motifs is 1. The molecule has 4 rings (SSSR count). The maximum absolute atomic E-state index is 12.5. The normalized spacial score (nSPS) is 15.1. The van der Waals surface area contributed by atoms with Gasteiger partial charge in [-0.15, -0.1) is 0 Å². The molecule has 1 heterocycles. The van der Waals surface area contributed by atoms with E-state index in [1.807, 2.05) is 18.2 Å². The van der Waals surface area contributed by atoms with Crippen molar-refractivity contribution in [3.8, 4) is 11.8 Å². The smallest absolute Gasteiger partial charge is 0.320 e. The maximum Gasteiger partial charge on any atom is 0.320 e. The summed E-state index contributed by atoms with van der Waals surface area (Å²) in [5.74, 6) is 0.545. The molecule has 0 radical (unpaired) electrons. The van der Waals surface area contributed by atoms with E-state index in [9.17, 15) is 4.79 Å². The van der Waals surface area contributed by atoms with E-state index in [1.54, 1.807) is 35.1 Å². The highest BCUT2D eigenvalue weighted by molar-refractivity contribution is 5.89. The highest BCUT2D eigenvalue weighted by Gasteiger charge is 2.23. The van der Waals surface area contributed by atoms with Gasteiger partial charge in [0, 0.05) is 6.07 Å². The van der Waals surface area contributed by atoms with Crippen molar-refractivity contribution >= 4 is 11.8 Å². The van der Waals surface area contributed by atoms with E-state index in [0.29, 0.717) is 11.4 Å². The van der Waals surface area contributed by atoms with Crippen LogP contribution in [0.2, 0.25) is 0 Å². The predicted octanol–water partition coefficient (Wildman–Crippen LogP) is 3.55. The van der Waals surface area contributed by atoms with E-state index in [2.05, 4.69) is 33.9 Å². The van der Waals surface area contributed by atoms with E-state index < -0.39 is 0 Å². The second kappa shape index (κ2) is 6.73. The number of aromatic nitrogens is 2. The van der Waals surface area contributed by atoms with Crippen LogP contribution in [0.1, 0.15) is 29.2 Å². The molecule has 0 saturated carbocycles. The first-order valence-corrected chi connectivity index (χ1v) is 8.44. The first-order chi connectivity index (χ1) is 12.7. The van der Waals surface area contributed by atoms with Crippen molar-refractivity contribution in [2.45, 2.75) is 18.9 Å². The SMILES string of the molecule is N#Cc1cccc(-n2nccc2NC(=O)NC2CCc3ccccc32)c1. The van der Waals surface area contributed by atoms with Gasteiger partial charge in [-0.2, -0.15) is 10.4 Å². The maximum atomic E-state index is 12.5. The van der Waals surface area contributed by atoms with Gasteiger partial charge in [-0.1, -0.05) is 30.3 Å². The molecule has 0 fully saturated rings. The number of hydrogen-bond acceptors (Lipinski definition) is 3. The molecule has 2 aromatic carbocycles. The molecule has 1 aliphatic carbocycles. The van der Waals surface area contributed by atoms with Crippen LogP contribution in [0, 0.1) is 11.3 Å². The first kappa shape index (κ1) is 15.9. The number of nitrogens with zero attached hydrogens (tertiary/aromatic N) is 3. The van der Waals surface area contributed by atoms with Gasteiger partial charge in [0.05, 0.1) is 29.6 Å². The van der Waals surface area contributed by atoms with Crippen LogP contribution in [-0.4, -0.2) is 15.8 Å². The highest BCUT2D eigenvalue weighted by atomic mass is 16.2. The molecule has 6 heteroatoms. The van der Waals surface area contributed by atoms with Gasteiger partial charge in [0.1, 0.15) is 5.82 Å². The summed E-state index contributed by atoms with van der Waals surface area (Å²) >= 11 is 0. The second-order valence-corrected chi connectivity index (χ2v) is 6.18. The number of nitriles is 1. The Labute approximate surface area is 151 Å². The van der Waals surface area contributed by atoms with Crippen LogP contribution in [0.4, 0.5) is 10.6 Å². The monoisotopic (exact) mass is 343 g/mol. The molecular weight excluding hydrogens is 326 g/mol. The third-order valence-electron chi connectivity index (χ3n) is 4.54. The average Bonchev–Trinajstić information content (AvgIpc) is 3.29. The molecule has 3 aromatic rings. The van der Waals surface area contributed by atoms with E-state index in [-0.39, 0.29) is 12.1 Å². The average molecular weight is 343 g/mol. The topological polar surface area (TPSA) is 82.7 Å². The van der Waals surface area contributed by atoms with Crippen molar-refractivity contribution in [3.05, 3.63) is 77.5 Å². The molecule has 26 heavy (non-hydrogen) atoms. The number of aryl methyl sites for hydroxylation is 1. The number of amides is 2. The van der Waals surface area contributed by atoms with Gasteiger partial charge in [0.15, 0.2) is 0 Å². The van der Waals surface area contributed by atoms with Crippen molar-refractivity contribution in [3.63, 3.8) is 0 Å². The van der Waals surface area contributed by atoms with E-state index >= 15 is 0 Å². The van der Waals surface area contributed by atoms with Gasteiger partial charge in [-0.05, 0) is 42.2 Å². The number of anilines is 1. The van der Waals surface area contributed by atoms with Crippen LogP contribution in [-0.2, 0) is 6.42 Å². The Morgan fingerprint density at radius 2 is 2.08 bits per heavy atom. The minimum absolute atomic E-state index is 0.0180. The Morgan fingerprint density at radius 3 is 2.96 bits per heavy atom. The van der Waals surface area contributed by atoms with Crippen molar-refractivity contribution in [1.82, 2.24) is 15.1 Å². The largest absolute Gasteiger partial charge is 0.331 e. The summed E-state index contributed by atoms with van der Waals surface area (Å²) in [5, 5.41) is 19.2. The van der Waals surface area contributed by atoms with Crippen LogP contribution in [0.5, 0.6) is 0 Å². The Hall–Kier alpha value is -3.59. The fraction of sp³-hybridized carbons (Fsp3) is 0.150. The molecule has 1 aliphatic rings. The van der Waals surface area contributed by atoms with Gasteiger partial charge in [0.2, 0.25) is 0 Å².